The maximum absolute atomic E-state index is 12.4. The van der Waals surface area contributed by atoms with E-state index in [9.17, 15) is 8.42 Å². The molecule has 0 atom stereocenters. The van der Waals surface area contributed by atoms with Crippen molar-refractivity contribution in [1.29, 1.82) is 0 Å². The van der Waals surface area contributed by atoms with Crippen LogP contribution >= 0.6 is 11.8 Å². The van der Waals surface area contributed by atoms with Gasteiger partial charge in [-0.05, 0) is 61.5 Å². The highest BCUT2D eigenvalue weighted by Crippen LogP contribution is 2.24. The zero-order valence-electron chi connectivity index (χ0n) is 11.3. The molecule has 0 saturated carbocycles. The molecule has 3 N–H and O–H groups in total. The van der Waals surface area contributed by atoms with Gasteiger partial charge in [-0.1, -0.05) is 0 Å². The fourth-order valence-electron chi connectivity index (χ4n) is 2.14. The molecule has 1 aromatic rings. The maximum atomic E-state index is 12.4. The van der Waals surface area contributed by atoms with Crippen molar-refractivity contribution in [2.75, 3.05) is 17.2 Å². The smallest absolute Gasteiger partial charge is 0.242 e. The molecule has 4 nitrogen and oxygen atoms in total. The second kappa shape index (κ2) is 5.73. The average Bonchev–Trinajstić information content (AvgIpc) is 2.34. The quantitative estimate of drug-likeness (QED) is 0.838. The van der Waals surface area contributed by atoms with E-state index in [0.29, 0.717) is 5.69 Å². The number of rotatable bonds is 3. The van der Waals surface area contributed by atoms with Crippen LogP contribution in [0.3, 0.4) is 0 Å². The first-order valence-electron chi connectivity index (χ1n) is 6.37. The number of thioether (sulfide) groups is 1. The number of benzene rings is 1. The Morgan fingerprint density at radius 1 is 1.21 bits per heavy atom. The highest BCUT2D eigenvalue weighted by Gasteiger charge is 2.24. The third-order valence-electron chi connectivity index (χ3n) is 3.46. The molecule has 0 radical (unpaired) electrons. The van der Waals surface area contributed by atoms with Gasteiger partial charge in [0.05, 0.1) is 5.69 Å². The van der Waals surface area contributed by atoms with Gasteiger partial charge in [0.1, 0.15) is 4.90 Å². The summed E-state index contributed by atoms with van der Waals surface area (Å²) in [6, 6.07) is 3.41. The Morgan fingerprint density at radius 3 is 2.42 bits per heavy atom. The van der Waals surface area contributed by atoms with Crippen LogP contribution in [0.15, 0.2) is 17.0 Å². The minimum atomic E-state index is -3.51. The second-order valence-corrected chi connectivity index (χ2v) is 7.89. The second-order valence-electron chi connectivity index (χ2n) is 4.98. The summed E-state index contributed by atoms with van der Waals surface area (Å²) >= 11 is 1.87. The lowest BCUT2D eigenvalue weighted by molar-refractivity contribution is 0.529. The van der Waals surface area contributed by atoms with Gasteiger partial charge < -0.3 is 5.73 Å². The van der Waals surface area contributed by atoms with E-state index in [-0.39, 0.29) is 10.9 Å². The van der Waals surface area contributed by atoms with Gasteiger partial charge in [0.25, 0.3) is 0 Å². The summed E-state index contributed by atoms with van der Waals surface area (Å²) in [5.41, 5.74) is 8.12. The summed E-state index contributed by atoms with van der Waals surface area (Å²) in [5.74, 6) is 2.02. The van der Waals surface area contributed by atoms with E-state index >= 15 is 0 Å². The van der Waals surface area contributed by atoms with Crippen LogP contribution in [-0.2, 0) is 10.0 Å². The molecule has 1 heterocycles. The lowest BCUT2D eigenvalue weighted by Crippen LogP contribution is -2.37. The molecule has 106 valence electrons. The molecule has 1 fully saturated rings. The fourth-order valence-corrected chi connectivity index (χ4v) is 4.75. The van der Waals surface area contributed by atoms with Crippen molar-refractivity contribution >= 4 is 27.5 Å². The van der Waals surface area contributed by atoms with Crippen molar-refractivity contribution in [1.82, 2.24) is 4.72 Å². The van der Waals surface area contributed by atoms with Crippen LogP contribution in [0.25, 0.3) is 0 Å². The van der Waals surface area contributed by atoms with Gasteiger partial charge in [-0.2, -0.15) is 11.8 Å². The summed E-state index contributed by atoms with van der Waals surface area (Å²) in [6.45, 7) is 3.82. The van der Waals surface area contributed by atoms with E-state index in [1.54, 1.807) is 12.1 Å². The number of nitrogens with two attached hydrogens (primary N) is 1. The first kappa shape index (κ1) is 14.7. The Morgan fingerprint density at radius 2 is 1.79 bits per heavy atom. The van der Waals surface area contributed by atoms with Gasteiger partial charge in [-0.25, -0.2) is 13.1 Å². The molecule has 1 aliphatic heterocycles. The number of nitrogen functional groups attached to an aromatic ring is 1. The Kier molecular flexibility index (Phi) is 4.43. The molecule has 1 aliphatic rings. The molecule has 0 unspecified atom stereocenters. The van der Waals surface area contributed by atoms with Crippen LogP contribution in [0, 0.1) is 13.8 Å². The van der Waals surface area contributed by atoms with E-state index in [2.05, 4.69) is 4.72 Å². The van der Waals surface area contributed by atoms with Gasteiger partial charge in [-0.15, -0.1) is 0 Å². The molecule has 1 saturated heterocycles. The molecule has 19 heavy (non-hydrogen) atoms. The predicted octanol–water partition coefficient (Wildman–Crippen LogP) is 2.06. The zero-order chi connectivity index (χ0) is 14.0. The molecular weight excluding hydrogens is 280 g/mol. The number of aryl methyl sites for hydroxylation is 2. The molecule has 6 heteroatoms. The third-order valence-corrected chi connectivity index (χ3v) is 6.08. The van der Waals surface area contributed by atoms with Crippen LogP contribution in [0.2, 0.25) is 0 Å². The maximum Gasteiger partial charge on any atom is 0.242 e. The standard InChI is InChI=1S/C13H20N2O2S2/c1-9-7-12(14)13(8-10(9)2)19(16,17)15-11-3-5-18-6-4-11/h7-8,11,15H,3-6,14H2,1-2H3. The molecule has 0 bridgehead atoms. The number of nitrogens with one attached hydrogen (secondary N) is 1. The van der Waals surface area contributed by atoms with Crippen LogP contribution < -0.4 is 10.5 Å². The SMILES string of the molecule is Cc1cc(N)c(S(=O)(=O)NC2CCSCC2)cc1C. The molecular formula is C13H20N2O2S2. The lowest BCUT2D eigenvalue weighted by Gasteiger charge is -2.23. The third kappa shape index (κ3) is 3.43. The van der Waals surface area contributed by atoms with Gasteiger partial charge >= 0.3 is 0 Å². The van der Waals surface area contributed by atoms with E-state index in [1.807, 2.05) is 25.6 Å². The Labute approximate surface area is 119 Å². The zero-order valence-corrected chi connectivity index (χ0v) is 12.9. The fraction of sp³-hybridized carbons (Fsp3) is 0.538. The van der Waals surface area contributed by atoms with Gasteiger partial charge in [0.2, 0.25) is 10.0 Å². The van der Waals surface area contributed by atoms with Crippen molar-refractivity contribution < 1.29 is 8.42 Å². The van der Waals surface area contributed by atoms with Crippen LogP contribution in [-0.4, -0.2) is 26.0 Å². The minimum Gasteiger partial charge on any atom is -0.398 e. The number of sulfonamides is 1. The molecule has 0 spiro atoms. The molecule has 2 rings (SSSR count). The lowest BCUT2D eigenvalue weighted by atomic mass is 10.1. The van der Waals surface area contributed by atoms with E-state index in [4.69, 9.17) is 5.73 Å². The van der Waals surface area contributed by atoms with Crippen LogP contribution in [0.1, 0.15) is 24.0 Å². The van der Waals surface area contributed by atoms with E-state index in [0.717, 1.165) is 35.5 Å². The highest BCUT2D eigenvalue weighted by atomic mass is 32.2. The van der Waals surface area contributed by atoms with Crippen molar-refractivity contribution in [3.63, 3.8) is 0 Å². The van der Waals surface area contributed by atoms with E-state index < -0.39 is 10.0 Å². The summed E-state index contributed by atoms with van der Waals surface area (Å²) in [4.78, 5) is 0.203. The Bertz CT molecular complexity index is 564. The molecule has 0 aromatic heterocycles. The van der Waals surface area contributed by atoms with Crippen LogP contribution in [0.5, 0.6) is 0 Å². The monoisotopic (exact) mass is 300 g/mol. The summed E-state index contributed by atoms with van der Waals surface area (Å²) in [7, 11) is -3.51. The summed E-state index contributed by atoms with van der Waals surface area (Å²) in [6.07, 6.45) is 1.77. The van der Waals surface area contributed by atoms with Crippen molar-refractivity contribution in [2.45, 2.75) is 37.6 Å². The number of hydrogen-bond acceptors (Lipinski definition) is 4. The highest BCUT2D eigenvalue weighted by molar-refractivity contribution is 7.99. The first-order valence-corrected chi connectivity index (χ1v) is 9.01. The molecule has 0 amide bonds. The van der Waals surface area contributed by atoms with Crippen molar-refractivity contribution in [3.05, 3.63) is 23.3 Å². The van der Waals surface area contributed by atoms with E-state index in [1.165, 1.54) is 0 Å². The molecule has 1 aromatic carbocycles. The topological polar surface area (TPSA) is 72.2 Å². The van der Waals surface area contributed by atoms with Gasteiger partial charge in [0.15, 0.2) is 0 Å². The molecule has 0 aliphatic carbocycles. The van der Waals surface area contributed by atoms with Gasteiger partial charge in [-0.3, -0.25) is 0 Å². The minimum absolute atomic E-state index is 0.0345. The number of hydrogen-bond donors (Lipinski definition) is 2. The Hall–Kier alpha value is -0.720. The average molecular weight is 300 g/mol. The predicted molar refractivity (Wildman–Crippen MR) is 81.0 cm³/mol. The first-order chi connectivity index (χ1) is 8.90. The largest absolute Gasteiger partial charge is 0.398 e. The summed E-state index contributed by atoms with van der Waals surface area (Å²) in [5, 5.41) is 0. The Balaban J connectivity index is 2.26. The number of anilines is 1. The van der Waals surface area contributed by atoms with Crippen molar-refractivity contribution in [2.24, 2.45) is 0 Å². The summed E-state index contributed by atoms with van der Waals surface area (Å²) < 4.78 is 27.6. The van der Waals surface area contributed by atoms with Gasteiger partial charge in [0, 0.05) is 6.04 Å². The normalized spacial score (nSPS) is 17.6. The van der Waals surface area contributed by atoms with Crippen molar-refractivity contribution in [3.8, 4) is 0 Å². The van der Waals surface area contributed by atoms with Crippen LogP contribution in [0.4, 0.5) is 5.69 Å².